The summed E-state index contributed by atoms with van der Waals surface area (Å²) in [5.74, 6) is -0.863. The van der Waals surface area contributed by atoms with E-state index in [0.717, 1.165) is 6.07 Å². The highest BCUT2D eigenvalue weighted by Crippen LogP contribution is 2.35. The second kappa shape index (κ2) is 10.7. The van der Waals surface area contributed by atoms with Gasteiger partial charge in [0, 0.05) is 24.8 Å². The van der Waals surface area contributed by atoms with E-state index in [9.17, 15) is 19.7 Å². The van der Waals surface area contributed by atoms with Crippen LogP contribution in [0.25, 0.3) is 0 Å². The Hall–Kier alpha value is -2.59. The number of ether oxygens (including phenoxy) is 3. The van der Waals surface area contributed by atoms with Gasteiger partial charge < -0.3 is 25.3 Å². The van der Waals surface area contributed by atoms with E-state index in [1.54, 1.807) is 20.8 Å². The van der Waals surface area contributed by atoms with Gasteiger partial charge in [-0.2, -0.15) is 0 Å². The third kappa shape index (κ3) is 8.40. The second-order valence-corrected chi connectivity index (χ2v) is 7.05. The van der Waals surface area contributed by atoms with Gasteiger partial charge in [-0.3, -0.25) is 14.9 Å². The van der Waals surface area contributed by atoms with Crippen molar-refractivity contribution in [3.8, 4) is 5.75 Å². The van der Waals surface area contributed by atoms with E-state index >= 15 is 0 Å². The Morgan fingerprint density at radius 3 is 2.50 bits per heavy atom. The summed E-state index contributed by atoms with van der Waals surface area (Å²) in [6.45, 7) is 6.29. The second-order valence-electron chi connectivity index (χ2n) is 6.67. The lowest BCUT2D eigenvalue weighted by molar-refractivity contribution is -0.384. The number of nitro groups is 1. The molecule has 0 heterocycles. The molecule has 0 aliphatic heterocycles. The zero-order valence-corrected chi connectivity index (χ0v) is 16.7. The molecule has 1 aromatic carbocycles. The number of carbonyl (C=O) groups is 2. The maximum atomic E-state index is 11.4. The molecule has 0 saturated heterocycles. The lowest BCUT2D eigenvalue weighted by Gasteiger charge is -2.19. The summed E-state index contributed by atoms with van der Waals surface area (Å²) < 4.78 is 15.8. The average Bonchev–Trinajstić information content (AvgIpc) is 2.56. The standard InChI is InChI=1S/C17H24ClN3O7/c1-17(2,3)28-16(23)20-5-4-6-26-7-8-27-13-10-11(15(19)22)9-12(14(13)18)21(24)25/h9-10H,4-8H2,1-3H3,(H2,19,22)(H,20,23). The minimum absolute atomic E-state index is 0.0279. The summed E-state index contributed by atoms with van der Waals surface area (Å²) in [5.41, 5.74) is 4.05. The molecule has 28 heavy (non-hydrogen) atoms. The highest BCUT2D eigenvalue weighted by Gasteiger charge is 2.21. The molecule has 2 amide bonds. The number of carbonyl (C=O) groups excluding carboxylic acids is 2. The van der Waals surface area contributed by atoms with E-state index < -0.39 is 28.2 Å². The number of hydrogen-bond acceptors (Lipinski definition) is 7. The molecule has 1 aromatic rings. The van der Waals surface area contributed by atoms with Crippen LogP contribution in [0.1, 0.15) is 37.6 Å². The summed E-state index contributed by atoms with van der Waals surface area (Å²) in [5, 5.41) is 13.4. The van der Waals surface area contributed by atoms with Gasteiger partial charge in [-0.25, -0.2) is 4.79 Å². The van der Waals surface area contributed by atoms with Gasteiger partial charge in [0.2, 0.25) is 5.91 Å². The Morgan fingerprint density at radius 2 is 1.93 bits per heavy atom. The predicted octanol–water partition coefficient (Wildman–Crippen LogP) is 2.66. The van der Waals surface area contributed by atoms with Crippen molar-refractivity contribution in [3.05, 3.63) is 32.8 Å². The molecule has 11 heteroatoms. The van der Waals surface area contributed by atoms with E-state index in [2.05, 4.69) is 5.32 Å². The average molecular weight is 418 g/mol. The van der Waals surface area contributed by atoms with Crippen LogP contribution in [0.2, 0.25) is 5.02 Å². The maximum Gasteiger partial charge on any atom is 0.407 e. The van der Waals surface area contributed by atoms with Crippen molar-refractivity contribution in [3.63, 3.8) is 0 Å². The summed E-state index contributed by atoms with van der Waals surface area (Å²) in [4.78, 5) is 33.0. The van der Waals surface area contributed by atoms with Crippen LogP contribution in [0, 0.1) is 10.1 Å². The van der Waals surface area contributed by atoms with Crippen LogP contribution >= 0.6 is 11.6 Å². The first kappa shape index (κ1) is 23.4. The van der Waals surface area contributed by atoms with Gasteiger partial charge in [0.15, 0.2) is 5.02 Å². The number of nitro benzene ring substituents is 1. The smallest absolute Gasteiger partial charge is 0.407 e. The van der Waals surface area contributed by atoms with Crippen LogP contribution in [0.4, 0.5) is 10.5 Å². The molecule has 0 atom stereocenters. The summed E-state index contributed by atoms with van der Waals surface area (Å²) in [7, 11) is 0. The molecule has 0 aliphatic rings. The number of benzene rings is 1. The molecule has 0 aromatic heterocycles. The molecule has 10 nitrogen and oxygen atoms in total. The number of hydrogen-bond donors (Lipinski definition) is 2. The molecule has 0 unspecified atom stereocenters. The SMILES string of the molecule is CC(C)(C)OC(=O)NCCCOCCOc1cc(C(N)=O)cc([N+](=O)[O-])c1Cl. The van der Waals surface area contributed by atoms with Crippen LogP contribution in [0.15, 0.2) is 12.1 Å². The highest BCUT2D eigenvalue weighted by molar-refractivity contribution is 6.34. The van der Waals surface area contributed by atoms with E-state index in [-0.39, 0.29) is 29.5 Å². The number of amides is 2. The maximum absolute atomic E-state index is 11.4. The van der Waals surface area contributed by atoms with Crippen LogP contribution in [0.3, 0.4) is 0 Å². The van der Waals surface area contributed by atoms with Crippen LogP contribution in [0.5, 0.6) is 5.75 Å². The minimum Gasteiger partial charge on any atom is -0.489 e. The zero-order valence-electron chi connectivity index (χ0n) is 16.0. The van der Waals surface area contributed by atoms with Gasteiger partial charge in [0.1, 0.15) is 18.0 Å². The van der Waals surface area contributed by atoms with Gasteiger partial charge in [-0.15, -0.1) is 0 Å². The minimum atomic E-state index is -0.835. The third-order valence-electron chi connectivity index (χ3n) is 3.12. The number of nitrogens with zero attached hydrogens (tertiary/aromatic N) is 1. The lowest BCUT2D eigenvalue weighted by atomic mass is 10.2. The van der Waals surface area contributed by atoms with Crippen molar-refractivity contribution in [2.24, 2.45) is 5.73 Å². The van der Waals surface area contributed by atoms with Crippen molar-refractivity contribution in [2.45, 2.75) is 32.8 Å². The largest absolute Gasteiger partial charge is 0.489 e. The van der Waals surface area contributed by atoms with Crippen LogP contribution < -0.4 is 15.8 Å². The first-order valence-corrected chi connectivity index (χ1v) is 8.84. The Kier molecular flexibility index (Phi) is 8.93. The fourth-order valence-corrected chi connectivity index (χ4v) is 2.19. The van der Waals surface area contributed by atoms with Crippen molar-refractivity contribution < 1.29 is 28.7 Å². The topological polar surface area (TPSA) is 143 Å². The Labute approximate surface area is 167 Å². The number of nitrogens with one attached hydrogen (secondary N) is 1. The number of alkyl carbamates (subject to hydrolysis) is 1. The molecule has 0 aliphatic carbocycles. The number of nitrogens with two attached hydrogens (primary N) is 1. The lowest BCUT2D eigenvalue weighted by Crippen LogP contribution is -2.33. The van der Waals surface area contributed by atoms with Gasteiger partial charge in [-0.05, 0) is 33.3 Å². The number of primary amides is 1. The molecule has 0 spiro atoms. The summed E-state index contributed by atoms with van der Waals surface area (Å²) in [6.07, 6.45) is 0.0595. The van der Waals surface area contributed by atoms with Crippen LogP contribution in [-0.2, 0) is 9.47 Å². The van der Waals surface area contributed by atoms with E-state index in [4.69, 9.17) is 31.5 Å². The molecule has 1 rings (SSSR count). The first-order chi connectivity index (χ1) is 13.0. The van der Waals surface area contributed by atoms with Crippen LogP contribution in [-0.4, -0.2) is 48.9 Å². The van der Waals surface area contributed by atoms with Gasteiger partial charge in [0.05, 0.1) is 11.5 Å². The molecule has 0 radical (unpaired) electrons. The zero-order chi connectivity index (χ0) is 21.3. The van der Waals surface area contributed by atoms with Gasteiger partial charge in [-0.1, -0.05) is 11.6 Å². The molecule has 156 valence electrons. The van der Waals surface area contributed by atoms with Crippen molar-refractivity contribution in [1.29, 1.82) is 0 Å². The van der Waals surface area contributed by atoms with Gasteiger partial charge >= 0.3 is 6.09 Å². The molecular formula is C17H24ClN3O7. The van der Waals surface area contributed by atoms with Crippen molar-refractivity contribution in [1.82, 2.24) is 5.32 Å². The fourth-order valence-electron chi connectivity index (χ4n) is 1.95. The van der Waals surface area contributed by atoms with Crippen molar-refractivity contribution in [2.75, 3.05) is 26.4 Å². The molecule has 0 saturated carbocycles. The normalized spacial score (nSPS) is 11.0. The highest BCUT2D eigenvalue weighted by atomic mass is 35.5. The molecule has 3 N–H and O–H groups in total. The molecule has 0 fully saturated rings. The molecule has 0 bridgehead atoms. The number of halogens is 1. The fraction of sp³-hybridized carbons (Fsp3) is 0.529. The van der Waals surface area contributed by atoms with E-state index in [1.165, 1.54) is 6.07 Å². The van der Waals surface area contributed by atoms with E-state index in [0.29, 0.717) is 19.6 Å². The molecular weight excluding hydrogens is 394 g/mol. The van der Waals surface area contributed by atoms with Gasteiger partial charge in [0.25, 0.3) is 5.69 Å². The first-order valence-electron chi connectivity index (χ1n) is 8.46. The third-order valence-corrected chi connectivity index (χ3v) is 3.50. The number of rotatable bonds is 10. The predicted molar refractivity (Wildman–Crippen MR) is 102 cm³/mol. The quantitative estimate of drug-likeness (QED) is 0.338. The monoisotopic (exact) mass is 417 g/mol. The Bertz CT molecular complexity index is 719. The summed E-state index contributed by atoms with van der Waals surface area (Å²) >= 11 is 5.93. The Morgan fingerprint density at radius 1 is 1.25 bits per heavy atom. The van der Waals surface area contributed by atoms with Crippen molar-refractivity contribution >= 4 is 29.3 Å². The summed E-state index contributed by atoms with van der Waals surface area (Å²) in [6, 6.07) is 2.23. The Balaban J connectivity index is 2.36. The van der Waals surface area contributed by atoms with E-state index in [1.807, 2.05) is 0 Å².